The van der Waals surface area contributed by atoms with E-state index in [1.807, 2.05) is 0 Å². The first-order valence-corrected chi connectivity index (χ1v) is 5.82. The van der Waals surface area contributed by atoms with Crippen molar-refractivity contribution in [3.8, 4) is 0 Å². The maximum Gasteiger partial charge on any atom is 0.398 e. The summed E-state index contributed by atoms with van der Waals surface area (Å²) in [5.74, 6) is -1.71. The van der Waals surface area contributed by atoms with E-state index < -0.39 is 18.0 Å². The van der Waals surface area contributed by atoms with Gasteiger partial charge in [-0.05, 0) is 18.9 Å². The highest BCUT2D eigenvalue weighted by atomic mass is 19.4. The molecule has 1 amide bonds. The first kappa shape index (κ1) is 13.6. The summed E-state index contributed by atoms with van der Waals surface area (Å²) >= 11 is 0. The van der Waals surface area contributed by atoms with E-state index in [-0.39, 0.29) is 18.8 Å². The van der Waals surface area contributed by atoms with Gasteiger partial charge in [-0.25, -0.2) is 0 Å². The molecule has 0 aliphatic carbocycles. The molecule has 0 saturated heterocycles. The number of carbonyl (C=O) groups is 1. The van der Waals surface area contributed by atoms with Gasteiger partial charge in [0, 0.05) is 6.54 Å². The average molecular weight is 274 g/mol. The molecular formula is C11H13F3N4O. The highest BCUT2D eigenvalue weighted by Crippen LogP contribution is 2.40. The lowest BCUT2D eigenvalue weighted by atomic mass is 9.98. The Kier molecular flexibility index (Phi) is 3.59. The summed E-state index contributed by atoms with van der Waals surface area (Å²) < 4.78 is 39.9. The predicted molar refractivity (Wildman–Crippen MR) is 60.1 cm³/mol. The maximum atomic E-state index is 12.8. The van der Waals surface area contributed by atoms with Crippen molar-refractivity contribution >= 4 is 5.91 Å². The summed E-state index contributed by atoms with van der Waals surface area (Å²) in [5.41, 5.74) is 0. The smallest absolute Gasteiger partial charge is 0.345 e. The lowest BCUT2D eigenvalue weighted by Gasteiger charge is -2.25. The second-order valence-corrected chi connectivity index (χ2v) is 4.28. The quantitative estimate of drug-likeness (QED) is 0.850. The molecule has 0 bridgehead atoms. The fraction of sp³-hybridized carbons (Fsp3) is 0.545. The summed E-state index contributed by atoms with van der Waals surface area (Å²) in [5, 5.41) is 9.83. The summed E-state index contributed by atoms with van der Waals surface area (Å²) in [4.78, 5) is 11.0. The molecule has 1 aromatic rings. The number of nitrogens with zero attached hydrogens (tertiary/aromatic N) is 3. The number of aromatic nitrogens is 3. The number of amides is 1. The zero-order valence-electron chi connectivity index (χ0n) is 10.1. The summed E-state index contributed by atoms with van der Waals surface area (Å²) in [7, 11) is 0. The number of alkyl halides is 3. The van der Waals surface area contributed by atoms with Gasteiger partial charge < -0.3 is 9.88 Å². The van der Waals surface area contributed by atoms with Crippen molar-refractivity contribution in [3.63, 3.8) is 0 Å². The minimum Gasteiger partial charge on any atom is -0.345 e. The molecular weight excluding hydrogens is 261 g/mol. The zero-order valence-corrected chi connectivity index (χ0v) is 10.1. The molecule has 1 atom stereocenters. The molecule has 19 heavy (non-hydrogen) atoms. The SMILES string of the molecule is C=CC(=O)NCc1nnc2n1CCCC2C(F)(F)F. The Bertz CT molecular complexity index is 495. The molecule has 0 aromatic carbocycles. The van der Waals surface area contributed by atoms with Gasteiger partial charge in [-0.1, -0.05) is 6.58 Å². The maximum absolute atomic E-state index is 12.8. The Hall–Kier alpha value is -1.86. The van der Waals surface area contributed by atoms with Crippen LogP contribution in [0.2, 0.25) is 0 Å². The minimum atomic E-state index is -4.31. The minimum absolute atomic E-state index is 0.0284. The van der Waals surface area contributed by atoms with Gasteiger partial charge in [-0.2, -0.15) is 13.2 Å². The van der Waals surface area contributed by atoms with Crippen molar-refractivity contribution < 1.29 is 18.0 Å². The molecule has 1 aliphatic heterocycles. The molecule has 1 N–H and O–H groups in total. The number of hydrogen-bond acceptors (Lipinski definition) is 3. The molecule has 1 unspecified atom stereocenters. The molecule has 1 aromatic heterocycles. The summed E-state index contributed by atoms with van der Waals surface area (Å²) in [6.45, 7) is 3.77. The van der Waals surface area contributed by atoms with Gasteiger partial charge in [0.2, 0.25) is 5.91 Å². The Balaban J connectivity index is 2.20. The number of hydrogen-bond donors (Lipinski definition) is 1. The van der Waals surface area contributed by atoms with E-state index >= 15 is 0 Å². The molecule has 8 heteroatoms. The molecule has 0 saturated carbocycles. The van der Waals surface area contributed by atoms with Gasteiger partial charge in [0.05, 0.1) is 6.54 Å². The van der Waals surface area contributed by atoms with E-state index in [9.17, 15) is 18.0 Å². The number of fused-ring (bicyclic) bond motifs is 1. The molecule has 0 fully saturated rings. The molecule has 104 valence electrons. The van der Waals surface area contributed by atoms with Crippen LogP contribution in [-0.4, -0.2) is 26.8 Å². The van der Waals surface area contributed by atoms with Gasteiger partial charge in [0.25, 0.3) is 0 Å². The van der Waals surface area contributed by atoms with E-state index in [1.165, 1.54) is 4.57 Å². The Morgan fingerprint density at radius 2 is 2.26 bits per heavy atom. The highest BCUT2D eigenvalue weighted by Gasteiger charge is 2.45. The van der Waals surface area contributed by atoms with Crippen LogP contribution >= 0.6 is 0 Å². The molecule has 2 rings (SSSR count). The third-order valence-electron chi connectivity index (χ3n) is 3.04. The topological polar surface area (TPSA) is 59.8 Å². The van der Waals surface area contributed by atoms with Crippen LogP contribution in [0.5, 0.6) is 0 Å². The van der Waals surface area contributed by atoms with Crippen molar-refractivity contribution in [2.24, 2.45) is 0 Å². The van der Waals surface area contributed by atoms with Crippen LogP contribution in [0, 0.1) is 0 Å². The van der Waals surface area contributed by atoms with Gasteiger partial charge >= 0.3 is 6.18 Å². The lowest BCUT2D eigenvalue weighted by Crippen LogP contribution is -2.30. The molecule has 0 radical (unpaired) electrons. The fourth-order valence-electron chi connectivity index (χ4n) is 2.11. The molecule has 5 nitrogen and oxygen atoms in total. The first-order valence-electron chi connectivity index (χ1n) is 5.82. The largest absolute Gasteiger partial charge is 0.398 e. The van der Waals surface area contributed by atoms with Gasteiger partial charge in [-0.15, -0.1) is 10.2 Å². The summed E-state index contributed by atoms with van der Waals surface area (Å²) in [6, 6.07) is 0. The van der Waals surface area contributed by atoms with Crippen LogP contribution in [0.3, 0.4) is 0 Å². The standard InChI is InChI=1S/C11H13F3N4O/c1-2-9(19)15-6-8-16-17-10-7(11(12,13)14)4-3-5-18(8)10/h2,7H,1,3-6H2,(H,15,19). The van der Waals surface area contributed by atoms with Crippen LogP contribution in [0.15, 0.2) is 12.7 Å². The molecule has 0 spiro atoms. The summed E-state index contributed by atoms with van der Waals surface area (Å²) in [6.07, 6.45) is -2.78. The van der Waals surface area contributed by atoms with E-state index in [1.54, 1.807) is 0 Å². The van der Waals surface area contributed by atoms with Crippen molar-refractivity contribution in [3.05, 3.63) is 24.3 Å². The Morgan fingerprint density at radius 3 is 2.89 bits per heavy atom. The first-order chi connectivity index (χ1) is 8.93. The van der Waals surface area contributed by atoms with Crippen molar-refractivity contribution in [1.82, 2.24) is 20.1 Å². The average Bonchev–Trinajstić information content (AvgIpc) is 2.77. The Labute approximate surface area is 107 Å². The van der Waals surface area contributed by atoms with Crippen LogP contribution < -0.4 is 5.32 Å². The van der Waals surface area contributed by atoms with Gasteiger partial charge in [-0.3, -0.25) is 4.79 Å². The fourth-order valence-corrected chi connectivity index (χ4v) is 2.11. The van der Waals surface area contributed by atoms with Gasteiger partial charge in [0.15, 0.2) is 5.82 Å². The zero-order chi connectivity index (χ0) is 14.0. The second-order valence-electron chi connectivity index (χ2n) is 4.28. The van der Waals surface area contributed by atoms with E-state index in [0.717, 1.165) is 6.08 Å². The van der Waals surface area contributed by atoms with Crippen LogP contribution in [0.4, 0.5) is 13.2 Å². The number of halogens is 3. The van der Waals surface area contributed by atoms with Crippen LogP contribution in [-0.2, 0) is 17.9 Å². The lowest BCUT2D eigenvalue weighted by molar-refractivity contribution is -0.156. The normalized spacial score (nSPS) is 18.8. The van der Waals surface area contributed by atoms with E-state index in [2.05, 4.69) is 22.1 Å². The number of nitrogens with one attached hydrogen (secondary N) is 1. The monoisotopic (exact) mass is 274 g/mol. The molecule has 1 aliphatic rings. The van der Waals surface area contributed by atoms with E-state index in [4.69, 9.17) is 0 Å². The van der Waals surface area contributed by atoms with Crippen LogP contribution in [0.1, 0.15) is 30.4 Å². The third kappa shape index (κ3) is 2.77. The van der Waals surface area contributed by atoms with Crippen molar-refractivity contribution in [1.29, 1.82) is 0 Å². The third-order valence-corrected chi connectivity index (χ3v) is 3.04. The van der Waals surface area contributed by atoms with E-state index in [0.29, 0.717) is 18.8 Å². The van der Waals surface area contributed by atoms with Gasteiger partial charge in [0.1, 0.15) is 11.7 Å². The van der Waals surface area contributed by atoms with Crippen molar-refractivity contribution in [2.45, 2.75) is 38.0 Å². The Morgan fingerprint density at radius 1 is 1.53 bits per heavy atom. The second kappa shape index (κ2) is 5.02. The predicted octanol–water partition coefficient (Wildman–Crippen LogP) is 1.52. The van der Waals surface area contributed by atoms with Crippen molar-refractivity contribution in [2.75, 3.05) is 0 Å². The van der Waals surface area contributed by atoms with Crippen LogP contribution in [0.25, 0.3) is 0 Å². The number of rotatable bonds is 3. The highest BCUT2D eigenvalue weighted by molar-refractivity contribution is 5.86. The molecule has 2 heterocycles. The number of carbonyl (C=O) groups excluding carboxylic acids is 1.